The number of pyridine rings is 1. The molecular weight excluding hydrogens is 393 g/mol. The zero-order valence-electron chi connectivity index (χ0n) is 16.6. The van der Waals surface area contributed by atoms with Crippen molar-refractivity contribution in [2.75, 3.05) is 18.5 Å². The lowest BCUT2D eigenvalue weighted by atomic mass is 10.0. The first-order chi connectivity index (χ1) is 14.4. The van der Waals surface area contributed by atoms with Crippen LogP contribution in [0.3, 0.4) is 0 Å². The zero-order valence-corrected chi connectivity index (χ0v) is 16.6. The van der Waals surface area contributed by atoms with Crippen molar-refractivity contribution in [1.82, 2.24) is 15.0 Å². The quantitative estimate of drug-likeness (QED) is 0.607. The highest BCUT2D eigenvalue weighted by Crippen LogP contribution is 2.31. The molecule has 5 nitrogen and oxygen atoms in total. The maximum Gasteiger partial charge on any atom is 0.266 e. The fraction of sp³-hybridized carbons (Fsp3) is 0.318. The van der Waals surface area contributed by atoms with E-state index in [4.69, 9.17) is 4.74 Å². The lowest BCUT2D eigenvalue weighted by Crippen LogP contribution is -2.12. The molecule has 1 aliphatic heterocycles. The topological polar surface area (TPSA) is 59.9 Å². The van der Waals surface area contributed by atoms with Gasteiger partial charge in [0, 0.05) is 11.8 Å². The second-order valence-corrected chi connectivity index (χ2v) is 7.19. The lowest BCUT2D eigenvalue weighted by molar-refractivity contribution is 0.146. The van der Waals surface area contributed by atoms with Gasteiger partial charge in [-0.2, -0.15) is 0 Å². The van der Waals surface area contributed by atoms with E-state index in [0.29, 0.717) is 35.9 Å². The van der Waals surface area contributed by atoms with E-state index in [0.717, 1.165) is 23.6 Å². The Kier molecular flexibility index (Phi) is 5.67. The number of fused-ring (bicyclic) bond motifs is 1. The Labute approximate surface area is 172 Å². The number of nitrogens with one attached hydrogen (secondary N) is 1. The van der Waals surface area contributed by atoms with Crippen LogP contribution in [0.4, 0.5) is 19.0 Å². The second kappa shape index (κ2) is 8.39. The molecule has 0 saturated heterocycles. The van der Waals surface area contributed by atoms with Gasteiger partial charge in [-0.3, -0.25) is 0 Å². The number of hydrogen-bond acceptors (Lipinski definition) is 5. The summed E-state index contributed by atoms with van der Waals surface area (Å²) in [6, 6.07) is 5.37. The summed E-state index contributed by atoms with van der Waals surface area (Å²) in [4.78, 5) is 13.3. The molecule has 8 heteroatoms. The van der Waals surface area contributed by atoms with E-state index >= 15 is 0 Å². The molecular formula is C22H21F3N4O. The Hall–Kier alpha value is -3.00. The number of benzene rings is 1. The summed E-state index contributed by atoms with van der Waals surface area (Å²) < 4.78 is 46.1. The smallest absolute Gasteiger partial charge is 0.266 e. The highest BCUT2D eigenvalue weighted by molar-refractivity contribution is 5.89. The molecule has 0 amide bonds. The molecule has 0 saturated carbocycles. The van der Waals surface area contributed by atoms with Crippen molar-refractivity contribution in [3.05, 3.63) is 64.9 Å². The van der Waals surface area contributed by atoms with E-state index in [1.165, 1.54) is 12.1 Å². The minimum atomic E-state index is -2.88. The fourth-order valence-corrected chi connectivity index (χ4v) is 3.55. The first-order valence-electron chi connectivity index (χ1n) is 9.68. The van der Waals surface area contributed by atoms with Crippen LogP contribution in [-0.4, -0.2) is 28.2 Å². The van der Waals surface area contributed by atoms with Crippen LogP contribution in [0.15, 0.2) is 36.5 Å². The van der Waals surface area contributed by atoms with E-state index in [-0.39, 0.29) is 5.56 Å². The van der Waals surface area contributed by atoms with Crippen LogP contribution >= 0.6 is 0 Å². The summed E-state index contributed by atoms with van der Waals surface area (Å²) in [5, 5.41) is 3.84. The molecule has 1 unspecified atom stereocenters. The molecule has 1 N–H and O–H groups in total. The Morgan fingerprint density at radius 1 is 1.17 bits per heavy atom. The van der Waals surface area contributed by atoms with E-state index < -0.39 is 23.8 Å². The van der Waals surface area contributed by atoms with E-state index in [2.05, 4.69) is 20.3 Å². The van der Waals surface area contributed by atoms with Crippen LogP contribution in [0.2, 0.25) is 0 Å². The third-order valence-corrected chi connectivity index (χ3v) is 5.11. The third kappa shape index (κ3) is 4.00. The van der Waals surface area contributed by atoms with Gasteiger partial charge in [-0.05, 0) is 37.5 Å². The molecule has 0 bridgehead atoms. The number of nitrogens with zero attached hydrogens (tertiary/aromatic N) is 3. The second-order valence-electron chi connectivity index (χ2n) is 7.19. The van der Waals surface area contributed by atoms with Crippen molar-refractivity contribution in [3.63, 3.8) is 0 Å². The van der Waals surface area contributed by atoms with Crippen LogP contribution in [0.5, 0.6) is 0 Å². The Morgan fingerprint density at radius 3 is 2.70 bits per heavy atom. The van der Waals surface area contributed by atoms with Crippen molar-refractivity contribution >= 4 is 22.4 Å². The van der Waals surface area contributed by atoms with Crippen LogP contribution in [0.1, 0.15) is 48.3 Å². The van der Waals surface area contributed by atoms with E-state index in [9.17, 15) is 13.2 Å². The maximum absolute atomic E-state index is 14.6. The monoisotopic (exact) mass is 414 g/mol. The van der Waals surface area contributed by atoms with Gasteiger partial charge in [0.15, 0.2) is 5.65 Å². The molecule has 1 aliphatic rings. The predicted molar refractivity (Wildman–Crippen MR) is 109 cm³/mol. The van der Waals surface area contributed by atoms with E-state index in [1.54, 1.807) is 20.0 Å². The number of alkyl halides is 2. The fourth-order valence-electron chi connectivity index (χ4n) is 3.55. The Morgan fingerprint density at radius 2 is 1.97 bits per heavy atom. The Balaban J connectivity index is 1.73. The summed E-state index contributed by atoms with van der Waals surface area (Å²) in [5.41, 5.74) is 2.12. The van der Waals surface area contributed by atoms with Gasteiger partial charge in [-0.25, -0.2) is 28.1 Å². The molecule has 0 spiro atoms. The summed E-state index contributed by atoms with van der Waals surface area (Å²) in [7, 11) is 0. The van der Waals surface area contributed by atoms with Crippen LogP contribution < -0.4 is 5.32 Å². The number of rotatable bonds is 5. The molecule has 3 heterocycles. The van der Waals surface area contributed by atoms with Crippen LogP contribution in [0.25, 0.3) is 16.6 Å². The zero-order chi connectivity index (χ0) is 21.3. The largest absolute Gasteiger partial charge is 0.377 e. The average Bonchev–Trinajstić information content (AvgIpc) is 2.74. The SMILES string of the molecule is Cc1nc(NC(C)c2cccc(C(F)F)c2F)c2cc(C3=CCOCC3)cnc2n1. The van der Waals surface area contributed by atoms with Crippen LogP contribution in [0, 0.1) is 12.7 Å². The number of aromatic nitrogens is 3. The van der Waals surface area contributed by atoms with Gasteiger partial charge >= 0.3 is 0 Å². The van der Waals surface area contributed by atoms with Gasteiger partial charge in [-0.15, -0.1) is 0 Å². The number of aryl methyl sites for hydroxylation is 1. The van der Waals surface area contributed by atoms with Crippen molar-refractivity contribution in [2.24, 2.45) is 0 Å². The van der Waals surface area contributed by atoms with Gasteiger partial charge in [0.05, 0.1) is 30.2 Å². The molecule has 1 atom stereocenters. The van der Waals surface area contributed by atoms with Gasteiger partial charge in [-0.1, -0.05) is 24.3 Å². The standard InChI is InChI=1S/C22H21F3N4O/c1-12(16-4-3-5-17(19(16)23)20(24)25)27-22-18-10-15(14-6-8-30-9-7-14)11-26-21(18)28-13(2)29-22/h3-6,10-12,20H,7-9H2,1-2H3,(H,26,27,28,29). The van der Waals surface area contributed by atoms with Crippen molar-refractivity contribution in [3.8, 4) is 0 Å². The average molecular weight is 414 g/mol. The summed E-state index contributed by atoms with van der Waals surface area (Å²) in [6.45, 7) is 4.65. The molecule has 0 radical (unpaired) electrons. The predicted octanol–water partition coefficient (Wildman–Crippen LogP) is 5.39. The lowest BCUT2D eigenvalue weighted by Gasteiger charge is -2.19. The summed E-state index contributed by atoms with van der Waals surface area (Å²) in [5.74, 6) is 0.0761. The van der Waals surface area contributed by atoms with Gasteiger partial charge in [0.2, 0.25) is 0 Å². The maximum atomic E-state index is 14.6. The molecule has 2 aromatic heterocycles. The first kappa shape index (κ1) is 20.3. The van der Waals surface area contributed by atoms with E-state index in [1.807, 2.05) is 12.1 Å². The highest BCUT2D eigenvalue weighted by Gasteiger charge is 2.20. The van der Waals surface area contributed by atoms with Crippen molar-refractivity contribution in [2.45, 2.75) is 32.7 Å². The minimum absolute atomic E-state index is 0.147. The third-order valence-electron chi connectivity index (χ3n) is 5.11. The van der Waals surface area contributed by atoms with Crippen molar-refractivity contribution in [1.29, 1.82) is 0 Å². The molecule has 4 rings (SSSR count). The van der Waals surface area contributed by atoms with Crippen LogP contribution in [-0.2, 0) is 4.74 Å². The van der Waals surface area contributed by atoms with Gasteiger partial charge < -0.3 is 10.1 Å². The molecule has 30 heavy (non-hydrogen) atoms. The normalized spacial score (nSPS) is 15.3. The minimum Gasteiger partial charge on any atom is -0.377 e. The molecule has 156 valence electrons. The molecule has 3 aromatic rings. The summed E-state index contributed by atoms with van der Waals surface area (Å²) in [6.07, 6.45) is 1.69. The number of halogens is 3. The summed E-state index contributed by atoms with van der Waals surface area (Å²) >= 11 is 0. The number of ether oxygens (including phenoxy) is 1. The van der Waals surface area contributed by atoms with Gasteiger partial charge in [0.25, 0.3) is 6.43 Å². The molecule has 0 aliphatic carbocycles. The molecule has 0 fully saturated rings. The number of anilines is 1. The molecule has 1 aromatic carbocycles. The van der Waals surface area contributed by atoms with Gasteiger partial charge in [0.1, 0.15) is 17.5 Å². The van der Waals surface area contributed by atoms with Crippen molar-refractivity contribution < 1.29 is 17.9 Å². The Bertz CT molecular complexity index is 1120. The number of hydrogen-bond donors (Lipinski definition) is 1. The first-order valence-corrected chi connectivity index (χ1v) is 9.68. The highest BCUT2D eigenvalue weighted by atomic mass is 19.3.